The van der Waals surface area contributed by atoms with Gasteiger partial charge in [0, 0.05) is 29.3 Å². The van der Waals surface area contributed by atoms with Crippen molar-refractivity contribution in [1.29, 1.82) is 0 Å². The highest BCUT2D eigenvalue weighted by Gasteiger charge is 2.11. The molecule has 0 aromatic heterocycles. The van der Waals surface area contributed by atoms with Gasteiger partial charge in [-0.25, -0.2) is 0 Å². The van der Waals surface area contributed by atoms with E-state index in [4.69, 9.17) is 21.1 Å². The van der Waals surface area contributed by atoms with Crippen LogP contribution in [0.5, 0.6) is 5.75 Å². The zero-order valence-electron chi connectivity index (χ0n) is 14.0. The lowest BCUT2D eigenvalue weighted by Gasteiger charge is -2.12. The molecule has 2 rings (SSSR count). The molecule has 0 heterocycles. The maximum absolute atomic E-state index is 12.4. The number of hydrogen-bond acceptors (Lipinski definition) is 3. The molecule has 1 N–H and O–H groups in total. The van der Waals surface area contributed by atoms with Crippen LogP contribution < -0.4 is 10.1 Å². The molecule has 0 radical (unpaired) electrons. The highest BCUT2D eigenvalue weighted by atomic mass is 35.5. The Balaban J connectivity index is 2.05. The first-order chi connectivity index (χ1) is 11.7. The number of carbonyl (C=O) groups is 1. The molecule has 0 saturated carbocycles. The number of amides is 1. The zero-order valence-corrected chi connectivity index (χ0v) is 14.7. The van der Waals surface area contributed by atoms with Crippen LogP contribution in [0.25, 0.3) is 0 Å². The largest absolute Gasteiger partial charge is 0.496 e. The Hall–Kier alpha value is -2.04. The molecule has 24 heavy (non-hydrogen) atoms. The fourth-order valence-corrected chi connectivity index (χ4v) is 2.48. The van der Waals surface area contributed by atoms with Gasteiger partial charge in [0.15, 0.2) is 0 Å². The lowest BCUT2D eigenvalue weighted by Crippen LogP contribution is -2.23. The van der Waals surface area contributed by atoms with Gasteiger partial charge in [0.05, 0.1) is 13.7 Å². The molecule has 5 heteroatoms. The van der Waals surface area contributed by atoms with Gasteiger partial charge in [0.1, 0.15) is 5.75 Å². The van der Waals surface area contributed by atoms with Crippen molar-refractivity contribution in [3.05, 3.63) is 64.2 Å². The molecule has 0 atom stereocenters. The monoisotopic (exact) mass is 347 g/mol. The van der Waals surface area contributed by atoms with Crippen molar-refractivity contribution in [3.8, 4) is 5.75 Å². The van der Waals surface area contributed by atoms with E-state index in [1.807, 2.05) is 18.2 Å². The van der Waals surface area contributed by atoms with Gasteiger partial charge < -0.3 is 14.8 Å². The molecular weight excluding hydrogens is 326 g/mol. The zero-order chi connectivity index (χ0) is 17.4. The van der Waals surface area contributed by atoms with Gasteiger partial charge in [0.2, 0.25) is 0 Å². The summed E-state index contributed by atoms with van der Waals surface area (Å²) < 4.78 is 10.9. The van der Waals surface area contributed by atoms with Gasteiger partial charge in [-0.3, -0.25) is 4.79 Å². The van der Waals surface area contributed by atoms with Crippen molar-refractivity contribution >= 4 is 17.5 Å². The standard InChI is InChI=1S/C19H22ClNO3/c1-3-10-24-13-16-11-14(8-9-18(16)23-2)19(22)21-12-15-6-4-5-7-17(15)20/h4-9,11H,3,10,12-13H2,1-2H3,(H,21,22). The molecule has 0 spiro atoms. The fraction of sp³-hybridized carbons (Fsp3) is 0.316. The van der Waals surface area contributed by atoms with Gasteiger partial charge >= 0.3 is 0 Å². The second-order valence-electron chi connectivity index (χ2n) is 5.35. The topological polar surface area (TPSA) is 47.6 Å². The molecule has 4 nitrogen and oxygen atoms in total. The van der Waals surface area contributed by atoms with E-state index in [0.29, 0.717) is 36.1 Å². The summed E-state index contributed by atoms with van der Waals surface area (Å²) >= 11 is 6.11. The maximum atomic E-state index is 12.4. The van der Waals surface area contributed by atoms with E-state index < -0.39 is 0 Å². The van der Waals surface area contributed by atoms with Crippen molar-refractivity contribution in [3.63, 3.8) is 0 Å². The van der Waals surface area contributed by atoms with E-state index >= 15 is 0 Å². The summed E-state index contributed by atoms with van der Waals surface area (Å²) in [6.45, 7) is 3.52. The molecule has 0 aliphatic heterocycles. The van der Waals surface area contributed by atoms with Gasteiger partial charge in [-0.2, -0.15) is 0 Å². The number of ether oxygens (including phenoxy) is 2. The normalized spacial score (nSPS) is 10.5. The number of methoxy groups -OCH3 is 1. The molecule has 2 aromatic carbocycles. The molecule has 0 fully saturated rings. The smallest absolute Gasteiger partial charge is 0.251 e. The fourth-order valence-electron chi connectivity index (χ4n) is 2.28. The molecular formula is C19H22ClNO3. The molecule has 0 aliphatic rings. The van der Waals surface area contributed by atoms with Crippen molar-refractivity contribution in [2.45, 2.75) is 26.5 Å². The molecule has 0 unspecified atom stereocenters. The lowest BCUT2D eigenvalue weighted by molar-refractivity contribution is 0.0950. The lowest BCUT2D eigenvalue weighted by atomic mass is 10.1. The Morgan fingerprint density at radius 1 is 1.17 bits per heavy atom. The minimum absolute atomic E-state index is 0.158. The molecule has 0 aliphatic carbocycles. The minimum Gasteiger partial charge on any atom is -0.496 e. The highest BCUT2D eigenvalue weighted by molar-refractivity contribution is 6.31. The van der Waals surface area contributed by atoms with Gasteiger partial charge in [-0.1, -0.05) is 36.7 Å². The van der Waals surface area contributed by atoms with Crippen molar-refractivity contribution in [1.82, 2.24) is 5.32 Å². The summed E-state index contributed by atoms with van der Waals surface area (Å²) in [5, 5.41) is 3.52. The quantitative estimate of drug-likeness (QED) is 0.728. The number of hydrogen-bond donors (Lipinski definition) is 1. The van der Waals surface area contributed by atoms with E-state index in [9.17, 15) is 4.79 Å². The third kappa shape index (κ3) is 4.98. The number of benzene rings is 2. The average Bonchev–Trinajstić information content (AvgIpc) is 2.61. The number of carbonyl (C=O) groups excluding carboxylic acids is 1. The first-order valence-corrected chi connectivity index (χ1v) is 8.29. The summed E-state index contributed by atoms with van der Waals surface area (Å²) in [7, 11) is 1.61. The van der Waals surface area contributed by atoms with Crippen molar-refractivity contribution < 1.29 is 14.3 Å². The summed E-state index contributed by atoms with van der Waals surface area (Å²) in [6.07, 6.45) is 0.945. The Bertz CT molecular complexity index is 688. The number of rotatable bonds is 8. The summed E-state index contributed by atoms with van der Waals surface area (Å²) in [6, 6.07) is 12.8. The van der Waals surface area contributed by atoms with Crippen LogP contribution in [-0.4, -0.2) is 19.6 Å². The van der Waals surface area contributed by atoms with E-state index in [0.717, 1.165) is 17.5 Å². The Kier molecular flexibility index (Phi) is 7.09. The predicted octanol–water partition coefficient (Wildman–Crippen LogP) is 4.21. The van der Waals surface area contributed by atoms with Gasteiger partial charge in [0.25, 0.3) is 5.91 Å². The van der Waals surface area contributed by atoms with Crippen LogP contribution in [0, 0.1) is 0 Å². The van der Waals surface area contributed by atoms with E-state index in [1.54, 1.807) is 31.4 Å². The molecule has 0 saturated heterocycles. The third-order valence-corrected chi connectivity index (χ3v) is 3.91. The summed E-state index contributed by atoms with van der Waals surface area (Å²) in [5.74, 6) is 0.558. The Morgan fingerprint density at radius 3 is 2.67 bits per heavy atom. The molecule has 0 bridgehead atoms. The second kappa shape index (κ2) is 9.30. The third-order valence-electron chi connectivity index (χ3n) is 3.55. The number of halogens is 1. The minimum atomic E-state index is -0.158. The van der Waals surface area contributed by atoms with Crippen molar-refractivity contribution in [2.75, 3.05) is 13.7 Å². The predicted molar refractivity (Wildman–Crippen MR) is 95.6 cm³/mol. The first-order valence-electron chi connectivity index (χ1n) is 7.92. The average molecular weight is 348 g/mol. The SMILES string of the molecule is CCCOCc1cc(C(=O)NCc2ccccc2Cl)ccc1OC. The summed E-state index contributed by atoms with van der Waals surface area (Å²) in [4.78, 5) is 12.4. The van der Waals surface area contributed by atoms with Crippen LogP contribution >= 0.6 is 11.6 Å². The number of nitrogens with one attached hydrogen (secondary N) is 1. The van der Waals surface area contributed by atoms with Gasteiger partial charge in [-0.15, -0.1) is 0 Å². The molecule has 1 amide bonds. The highest BCUT2D eigenvalue weighted by Crippen LogP contribution is 2.21. The first kappa shape index (κ1) is 18.3. The van der Waals surface area contributed by atoms with Crippen molar-refractivity contribution in [2.24, 2.45) is 0 Å². The van der Waals surface area contributed by atoms with Crippen LogP contribution in [0.2, 0.25) is 5.02 Å². The van der Waals surface area contributed by atoms with E-state index in [2.05, 4.69) is 12.2 Å². The van der Waals surface area contributed by atoms with Crippen LogP contribution in [-0.2, 0) is 17.9 Å². The maximum Gasteiger partial charge on any atom is 0.251 e. The van der Waals surface area contributed by atoms with E-state index in [-0.39, 0.29) is 5.91 Å². The summed E-state index contributed by atoms with van der Waals surface area (Å²) in [5.41, 5.74) is 2.31. The molecule has 128 valence electrons. The Labute approximate surface area is 147 Å². The van der Waals surface area contributed by atoms with E-state index in [1.165, 1.54) is 0 Å². The Morgan fingerprint density at radius 2 is 1.96 bits per heavy atom. The van der Waals surface area contributed by atoms with Crippen LogP contribution in [0.4, 0.5) is 0 Å². The van der Waals surface area contributed by atoms with Crippen LogP contribution in [0.3, 0.4) is 0 Å². The van der Waals surface area contributed by atoms with Gasteiger partial charge in [-0.05, 0) is 36.2 Å². The second-order valence-corrected chi connectivity index (χ2v) is 5.76. The van der Waals surface area contributed by atoms with Crippen LogP contribution in [0.15, 0.2) is 42.5 Å². The molecule has 2 aromatic rings. The van der Waals surface area contributed by atoms with Crippen LogP contribution in [0.1, 0.15) is 34.8 Å².